The Bertz CT molecular complexity index is 1010. The fourth-order valence-electron chi connectivity index (χ4n) is 3.06. The van der Waals surface area contributed by atoms with Gasteiger partial charge in [0, 0.05) is 22.9 Å². The first-order valence-corrected chi connectivity index (χ1v) is 10.3. The second kappa shape index (κ2) is 8.06. The largest absolute Gasteiger partial charge is 0.489 e. The molecule has 28 heavy (non-hydrogen) atoms. The monoisotopic (exact) mass is 397 g/mol. The van der Waals surface area contributed by atoms with Crippen LogP contribution in [0.15, 0.2) is 42.6 Å². The molecule has 1 aliphatic heterocycles. The van der Waals surface area contributed by atoms with Gasteiger partial charge in [-0.15, -0.1) is 0 Å². The minimum Gasteiger partial charge on any atom is -0.489 e. The summed E-state index contributed by atoms with van der Waals surface area (Å²) in [5, 5.41) is 3.17. The number of aryl methyl sites for hydroxylation is 1. The Hall–Kier alpha value is -2.80. The molecule has 1 N–H and O–H groups in total. The summed E-state index contributed by atoms with van der Waals surface area (Å²) in [6.45, 7) is 2.63. The van der Waals surface area contributed by atoms with Crippen molar-refractivity contribution in [3.63, 3.8) is 0 Å². The molecule has 144 valence electrons. The van der Waals surface area contributed by atoms with E-state index in [4.69, 9.17) is 9.47 Å². The number of benzene rings is 1. The molecule has 2 aromatic heterocycles. The number of rotatable bonds is 2. The Morgan fingerprint density at radius 2 is 1.93 bits per heavy atom. The summed E-state index contributed by atoms with van der Waals surface area (Å²) in [7, 11) is 0. The van der Waals surface area contributed by atoms with Gasteiger partial charge in [-0.1, -0.05) is 12.1 Å². The van der Waals surface area contributed by atoms with Gasteiger partial charge in [-0.2, -0.15) is 16.7 Å². The van der Waals surface area contributed by atoms with E-state index < -0.39 is 5.82 Å². The fourth-order valence-corrected chi connectivity index (χ4v) is 3.56. The number of thioether (sulfide) groups is 1. The zero-order valence-electron chi connectivity index (χ0n) is 15.7. The van der Waals surface area contributed by atoms with Crippen LogP contribution >= 0.6 is 11.8 Å². The van der Waals surface area contributed by atoms with Gasteiger partial charge in [-0.05, 0) is 42.5 Å². The van der Waals surface area contributed by atoms with Crippen LogP contribution in [0, 0.1) is 12.7 Å². The number of nitrogens with one attached hydrogen (secondary N) is 1. The first-order valence-electron chi connectivity index (χ1n) is 8.91. The molecular weight excluding hydrogens is 377 g/mol. The first kappa shape index (κ1) is 18.6. The molecule has 0 amide bonds. The standard InChI is InChI=1S/C21H20FN3O2S/c1-13-3-4-15-16-10-19(23-11-17(16)22)24-20-8-14(12-28-2)9-21(25-20)27-6-5-26-18(15)7-13/h3-4,7-11H,5-6,12H2,1-2H3,(H,23,24,25). The number of hydrogen-bond acceptors (Lipinski definition) is 6. The molecular formula is C21H20FN3O2S. The van der Waals surface area contributed by atoms with Crippen LogP contribution in [0.1, 0.15) is 11.1 Å². The highest BCUT2D eigenvalue weighted by Crippen LogP contribution is 2.34. The molecule has 0 saturated carbocycles. The molecule has 7 heteroatoms. The van der Waals surface area contributed by atoms with Gasteiger partial charge in [-0.3, -0.25) is 0 Å². The quantitative estimate of drug-likeness (QED) is 0.659. The number of ether oxygens (including phenoxy) is 2. The minimum atomic E-state index is -0.407. The Morgan fingerprint density at radius 3 is 2.79 bits per heavy atom. The highest BCUT2D eigenvalue weighted by molar-refractivity contribution is 7.97. The van der Waals surface area contributed by atoms with E-state index in [1.807, 2.05) is 43.5 Å². The van der Waals surface area contributed by atoms with Crippen LogP contribution in [0.5, 0.6) is 11.6 Å². The average molecular weight is 397 g/mol. The number of hydrogen-bond donors (Lipinski definition) is 1. The van der Waals surface area contributed by atoms with Crippen LogP contribution < -0.4 is 14.8 Å². The van der Waals surface area contributed by atoms with Crippen LogP contribution in [0.2, 0.25) is 0 Å². The Morgan fingerprint density at radius 1 is 1.07 bits per heavy atom. The summed E-state index contributed by atoms with van der Waals surface area (Å²) in [6, 6.07) is 11.2. The lowest BCUT2D eigenvalue weighted by Gasteiger charge is -2.13. The number of halogens is 1. The smallest absolute Gasteiger partial charge is 0.215 e. The van der Waals surface area contributed by atoms with Gasteiger partial charge < -0.3 is 14.8 Å². The van der Waals surface area contributed by atoms with Crippen molar-refractivity contribution >= 4 is 23.4 Å². The molecule has 0 radical (unpaired) electrons. The zero-order valence-corrected chi connectivity index (χ0v) is 16.5. The highest BCUT2D eigenvalue weighted by Gasteiger charge is 2.15. The van der Waals surface area contributed by atoms with E-state index in [0.29, 0.717) is 47.6 Å². The summed E-state index contributed by atoms with van der Waals surface area (Å²) in [5.41, 5.74) is 3.22. The lowest BCUT2D eigenvalue weighted by molar-refractivity contribution is 0.212. The molecule has 0 unspecified atom stereocenters. The van der Waals surface area contributed by atoms with Crippen molar-refractivity contribution in [3.8, 4) is 22.8 Å². The van der Waals surface area contributed by atoms with Crippen LogP contribution in [0.3, 0.4) is 0 Å². The van der Waals surface area contributed by atoms with Crippen molar-refractivity contribution in [2.45, 2.75) is 12.7 Å². The summed E-state index contributed by atoms with van der Waals surface area (Å²) in [4.78, 5) is 8.65. The summed E-state index contributed by atoms with van der Waals surface area (Å²) in [6.07, 6.45) is 3.25. The third-order valence-corrected chi connectivity index (χ3v) is 4.92. The van der Waals surface area contributed by atoms with E-state index in [2.05, 4.69) is 15.3 Å². The maximum atomic E-state index is 14.6. The van der Waals surface area contributed by atoms with Crippen molar-refractivity contribution in [1.82, 2.24) is 9.97 Å². The SMILES string of the molecule is CSCc1cc2nc(c1)OCCOc1cc(C)ccc1-c1cc(ncc1F)N2. The van der Waals surface area contributed by atoms with E-state index in [9.17, 15) is 4.39 Å². The maximum absolute atomic E-state index is 14.6. The van der Waals surface area contributed by atoms with Gasteiger partial charge in [0.1, 0.15) is 36.4 Å². The number of fused-ring (bicyclic) bond motifs is 6. The van der Waals surface area contributed by atoms with Gasteiger partial charge in [0.2, 0.25) is 5.88 Å². The molecule has 0 fully saturated rings. The van der Waals surface area contributed by atoms with Crippen molar-refractivity contribution in [3.05, 3.63) is 59.5 Å². The van der Waals surface area contributed by atoms with E-state index in [1.54, 1.807) is 17.8 Å². The molecule has 0 aliphatic carbocycles. The predicted molar refractivity (Wildman–Crippen MR) is 110 cm³/mol. The minimum absolute atomic E-state index is 0.327. The normalized spacial score (nSPS) is 13.0. The molecule has 4 rings (SSSR count). The number of nitrogens with zero attached hydrogens (tertiary/aromatic N) is 2. The van der Waals surface area contributed by atoms with Crippen LogP contribution in [-0.4, -0.2) is 29.4 Å². The van der Waals surface area contributed by atoms with Gasteiger partial charge in [0.15, 0.2) is 0 Å². The van der Waals surface area contributed by atoms with Gasteiger partial charge >= 0.3 is 0 Å². The zero-order chi connectivity index (χ0) is 19.5. The number of aromatic nitrogens is 2. The lowest BCUT2D eigenvalue weighted by Crippen LogP contribution is -2.10. The van der Waals surface area contributed by atoms with Crippen LogP contribution in [0.25, 0.3) is 11.1 Å². The Balaban J connectivity index is 1.81. The lowest BCUT2D eigenvalue weighted by atomic mass is 10.0. The van der Waals surface area contributed by atoms with E-state index >= 15 is 0 Å². The third kappa shape index (κ3) is 4.04. The van der Waals surface area contributed by atoms with Crippen molar-refractivity contribution in [2.24, 2.45) is 0 Å². The van der Waals surface area contributed by atoms with Crippen molar-refractivity contribution < 1.29 is 13.9 Å². The summed E-state index contributed by atoms with van der Waals surface area (Å²) in [5.74, 6) is 2.66. The van der Waals surface area contributed by atoms with Crippen molar-refractivity contribution in [1.29, 1.82) is 0 Å². The van der Waals surface area contributed by atoms with Gasteiger partial charge in [-0.25, -0.2) is 9.37 Å². The topological polar surface area (TPSA) is 56.3 Å². The predicted octanol–water partition coefficient (Wildman–Crippen LogP) is 4.97. The number of pyridine rings is 2. The first-order chi connectivity index (χ1) is 13.6. The molecule has 0 spiro atoms. The van der Waals surface area contributed by atoms with E-state index in [1.165, 1.54) is 6.20 Å². The summed E-state index contributed by atoms with van der Waals surface area (Å²) >= 11 is 1.71. The Labute approximate surface area is 167 Å². The molecule has 0 atom stereocenters. The molecule has 5 nitrogen and oxygen atoms in total. The van der Waals surface area contributed by atoms with Gasteiger partial charge in [0.25, 0.3) is 0 Å². The second-order valence-electron chi connectivity index (χ2n) is 6.50. The second-order valence-corrected chi connectivity index (χ2v) is 7.37. The molecule has 3 heterocycles. The van der Waals surface area contributed by atoms with Crippen molar-refractivity contribution in [2.75, 3.05) is 24.8 Å². The molecule has 0 saturated heterocycles. The van der Waals surface area contributed by atoms with Crippen LogP contribution in [0.4, 0.5) is 16.0 Å². The Kier molecular flexibility index (Phi) is 5.34. The molecule has 4 bridgehead atoms. The van der Waals surface area contributed by atoms with E-state index in [-0.39, 0.29) is 0 Å². The number of anilines is 2. The van der Waals surface area contributed by atoms with Crippen LogP contribution in [-0.2, 0) is 5.75 Å². The molecule has 1 aromatic carbocycles. The molecule has 1 aliphatic rings. The van der Waals surface area contributed by atoms with Gasteiger partial charge in [0.05, 0.1) is 6.20 Å². The third-order valence-electron chi connectivity index (χ3n) is 4.30. The fraction of sp³-hybridized carbons (Fsp3) is 0.238. The average Bonchev–Trinajstić information content (AvgIpc) is 2.67. The van der Waals surface area contributed by atoms with E-state index in [0.717, 1.165) is 16.9 Å². The highest BCUT2D eigenvalue weighted by atomic mass is 32.2. The maximum Gasteiger partial charge on any atom is 0.215 e. The summed E-state index contributed by atoms with van der Waals surface area (Å²) < 4.78 is 26.3. The molecule has 3 aromatic rings.